The molecule has 1 aliphatic carbocycles. The van der Waals surface area contributed by atoms with Gasteiger partial charge in [0.2, 0.25) is 16.5 Å². The van der Waals surface area contributed by atoms with Gasteiger partial charge in [-0.05, 0) is 158 Å². The number of rotatable bonds is 7. The fourth-order valence-electron chi connectivity index (χ4n) is 11.0. The molecule has 0 atom stereocenters. The monoisotopic (exact) mass is 1660 g/mol. The van der Waals surface area contributed by atoms with E-state index in [2.05, 4.69) is 136 Å². The standard InChI is InChI=1S/C22H17N.C17H17NO2.C11H8N2.C10H9N.C7H10O4.2C6H6N2.C6H7NO2.C6H6O2.6C2H6/c1-3-6-16-13-19-17-9-4-7-14-11-12-15-8-5-10-18(21(15)20(14)17)22(19)23(16)2;1-10-15(19)11(16(10)20)9-14-17(2,3)12-7-5-6-8-13(12)18(14)4;1-9(7-12)11(8-13)10-5-3-2-4-6-10;1-2-9(8-11)10-6-4-3-5-7-10;1-4-5(6(8)10-2)7(9)11-3;1-5(3-7)6(2)4-8;1-5(2)6(3-7)4-8;1-3-5(4-7)6(8)9-2;1-3-4(2)6(8)5(3)7;6*1-2/h3-13H,1-2H3;5-9H,1-4H3;2-6H,1H3;2-7H,1H3;4H,1-3H3;2*1-2H3;3H,1-2H3;1-2H3;6*1-2H3/b6-3+;;11-9-;9-2+;;6-5+;;5-3-;;;;;;;. The highest BCUT2D eigenvalue weighted by molar-refractivity contribution is 6.33. The predicted octanol–water partition coefficient (Wildman–Crippen LogP) is 22.8. The minimum atomic E-state index is -0.681. The molecule has 0 fully saturated rings. The molecule has 20 nitrogen and oxygen atoms in total. The van der Waals surface area contributed by atoms with Crippen molar-refractivity contribution in [3.8, 4) is 48.6 Å². The summed E-state index contributed by atoms with van der Waals surface area (Å²) in [7, 11) is 7.79. The number of ketones is 1. The molecule has 0 unspecified atom stereocenters. The molecule has 0 saturated carbocycles. The molecule has 8 aromatic carbocycles. The van der Waals surface area contributed by atoms with Crippen LogP contribution in [0.2, 0.25) is 0 Å². The maximum atomic E-state index is 11.8. The first-order valence-corrected chi connectivity index (χ1v) is 40.3. The Labute approximate surface area is 730 Å². The third-order valence-electron chi connectivity index (χ3n) is 17.6. The molecule has 0 saturated heterocycles. The molecular formula is C103H122N10O10. The van der Waals surface area contributed by atoms with Crippen LogP contribution in [0.4, 0.5) is 5.69 Å². The van der Waals surface area contributed by atoms with Crippen LogP contribution in [0, 0.1) is 104 Å². The third kappa shape index (κ3) is 32.2. The number of allylic oxidation sites excluding steroid dienone is 14. The van der Waals surface area contributed by atoms with Gasteiger partial charge in [0.05, 0.1) is 67.7 Å². The van der Waals surface area contributed by atoms with Gasteiger partial charge in [-0.1, -0.05) is 241 Å². The summed E-state index contributed by atoms with van der Waals surface area (Å²) in [5.74, 6) is -2.19. The van der Waals surface area contributed by atoms with Crippen molar-refractivity contribution in [3.05, 3.63) is 280 Å². The van der Waals surface area contributed by atoms with Gasteiger partial charge < -0.3 is 23.9 Å². The Morgan fingerprint density at radius 2 is 0.919 bits per heavy atom. The number of carbonyl (C=O) groups is 4. The number of aryl methyl sites for hydroxylation is 1. The van der Waals surface area contributed by atoms with E-state index >= 15 is 0 Å². The first kappa shape index (κ1) is 115. The first-order valence-electron chi connectivity index (χ1n) is 40.3. The van der Waals surface area contributed by atoms with Gasteiger partial charge in [-0.2, -0.15) is 46.7 Å². The lowest BCUT2D eigenvalue weighted by atomic mass is 9.79. The molecule has 1 aromatic heterocycles. The number of ether oxygens (including phenoxy) is 3. The minimum Gasteiger partial charge on any atom is -0.872 e. The van der Waals surface area contributed by atoms with E-state index in [1.165, 1.54) is 88.0 Å². The molecular weight excluding hydrogens is 1540 g/mol. The summed E-state index contributed by atoms with van der Waals surface area (Å²) < 4.78 is 17.3. The molecule has 1 aliphatic heterocycles. The maximum Gasteiger partial charge on any atom is 0.348 e. The number of benzene rings is 7. The van der Waals surface area contributed by atoms with Crippen LogP contribution in [0.15, 0.2) is 235 Å². The predicted molar refractivity (Wildman–Crippen MR) is 501 cm³/mol. The second kappa shape index (κ2) is 62.5. The van der Waals surface area contributed by atoms with E-state index in [0.29, 0.717) is 44.6 Å². The van der Waals surface area contributed by atoms with E-state index in [4.69, 9.17) is 42.1 Å². The van der Waals surface area contributed by atoms with Crippen molar-refractivity contribution in [2.75, 3.05) is 28.4 Å². The smallest absolute Gasteiger partial charge is 0.348 e. The second-order valence-electron chi connectivity index (χ2n) is 24.9. The number of Topliss-reactive ketones (excluding diaryl/α,β-unsaturated/α-hetero) is 1. The van der Waals surface area contributed by atoms with Crippen LogP contribution in [-0.4, -0.2) is 66.9 Å². The number of hydrogen-bond acceptors (Lipinski definition) is 18. The number of carbonyl (C=O) groups excluding carboxylic acids is 4. The lowest BCUT2D eigenvalue weighted by molar-refractivity contribution is -0.401. The van der Waals surface area contributed by atoms with E-state index in [1.807, 2.05) is 200 Å². The van der Waals surface area contributed by atoms with Crippen molar-refractivity contribution in [3.63, 3.8) is 0 Å². The van der Waals surface area contributed by atoms with Gasteiger partial charge in [-0.25, -0.2) is 14.4 Å². The summed E-state index contributed by atoms with van der Waals surface area (Å²) in [5.41, 5.74) is 12.3. The minimum absolute atomic E-state index is 0.0394. The summed E-state index contributed by atoms with van der Waals surface area (Å²) >= 11 is 0. The number of para-hydroxylation sites is 1. The highest BCUT2D eigenvalue weighted by Gasteiger charge is 2.44. The number of nitrogens with zero attached hydrogens (tertiary/aromatic N) is 10. The van der Waals surface area contributed by atoms with Crippen LogP contribution in [0.3, 0.4) is 0 Å². The molecule has 0 bridgehead atoms. The molecule has 20 heteroatoms. The number of methoxy groups -OCH3 is 3. The Bertz CT molecular complexity index is 5690. The highest BCUT2D eigenvalue weighted by Crippen LogP contribution is 2.43. The van der Waals surface area contributed by atoms with E-state index in [9.17, 15) is 33.9 Å². The van der Waals surface area contributed by atoms with Crippen molar-refractivity contribution in [1.29, 1.82) is 42.1 Å². The van der Waals surface area contributed by atoms with Crippen LogP contribution in [0.25, 0.3) is 60.4 Å². The molecule has 2 aliphatic rings. The van der Waals surface area contributed by atoms with Gasteiger partial charge in [0, 0.05) is 74.6 Å². The van der Waals surface area contributed by atoms with E-state index in [-0.39, 0.29) is 44.5 Å². The van der Waals surface area contributed by atoms with Gasteiger partial charge in [-0.15, -0.1) is 0 Å². The van der Waals surface area contributed by atoms with Crippen molar-refractivity contribution in [2.45, 2.75) is 185 Å². The summed E-state index contributed by atoms with van der Waals surface area (Å²) in [6.07, 6.45) is 10.6. The summed E-state index contributed by atoms with van der Waals surface area (Å²) in [6, 6.07) is 62.2. The van der Waals surface area contributed by atoms with Crippen molar-refractivity contribution < 1.29 is 43.1 Å². The maximum absolute atomic E-state index is 11.8. The van der Waals surface area contributed by atoms with E-state index in [1.54, 1.807) is 93.5 Å². The fraction of sp³-hybridized carbons (Fsp3) is 0.311. The highest BCUT2D eigenvalue weighted by atomic mass is 16.5. The molecule has 0 spiro atoms. The molecule has 9 aromatic rings. The average molecular weight is 1660 g/mol. The number of nitriles is 8. The Balaban J connectivity index is -0.000000655. The third-order valence-corrected chi connectivity index (χ3v) is 17.6. The summed E-state index contributed by atoms with van der Waals surface area (Å²) in [4.78, 5) is 64.5. The van der Waals surface area contributed by atoms with Gasteiger partial charge in [0.1, 0.15) is 48.0 Å². The normalized spacial score (nSPS) is 11.7. The fourth-order valence-corrected chi connectivity index (χ4v) is 11.0. The number of aromatic nitrogens is 1. The van der Waals surface area contributed by atoms with Crippen LogP contribution in [-0.2, 0) is 45.9 Å². The summed E-state index contributed by atoms with van der Waals surface area (Å²) in [5, 5.41) is 88.3. The average Bonchev–Trinajstić information content (AvgIpc) is 1.65. The Morgan fingerprint density at radius 1 is 0.488 bits per heavy atom. The van der Waals surface area contributed by atoms with Crippen LogP contribution in [0.5, 0.6) is 0 Å². The van der Waals surface area contributed by atoms with Gasteiger partial charge in [0.15, 0.2) is 11.5 Å². The van der Waals surface area contributed by atoms with E-state index < -0.39 is 17.9 Å². The van der Waals surface area contributed by atoms with Gasteiger partial charge in [0.25, 0.3) is 0 Å². The molecule has 644 valence electrons. The van der Waals surface area contributed by atoms with Crippen LogP contribution in [0.1, 0.15) is 200 Å². The molecule has 0 N–H and O–H groups in total. The zero-order chi connectivity index (χ0) is 95.6. The molecule has 0 amide bonds. The lowest BCUT2D eigenvalue weighted by Crippen LogP contribution is -2.36. The number of esters is 3. The van der Waals surface area contributed by atoms with Crippen molar-refractivity contribution in [2.24, 2.45) is 7.05 Å². The quantitative estimate of drug-likeness (QED) is 0.0165. The topological polar surface area (TPSA) is 351 Å². The van der Waals surface area contributed by atoms with Crippen molar-refractivity contribution >= 4 is 95.5 Å². The van der Waals surface area contributed by atoms with Crippen LogP contribution >= 0.6 is 0 Å². The Kier molecular flexibility index (Phi) is 58.3. The molecule has 0 radical (unpaired) electrons. The number of fused-ring (bicyclic) bond motifs is 4. The molecule has 2 heterocycles. The Hall–Kier alpha value is -14.7. The lowest BCUT2D eigenvalue weighted by Gasteiger charge is -2.28. The Morgan fingerprint density at radius 3 is 1.26 bits per heavy atom. The van der Waals surface area contributed by atoms with Crippen LogP contribution < -0.4 is 16.0 Å². The van der Waals surface area contributed by atoms with Crippen molar-refractivity contribution in [1.82, 2.24) is 4.57 Å². The largest absolute Gasteiger partial charge is 0.872 e. The zero-order valence-electron chi connectivity index (χ0n) is 77.8. The molecule has 123 heavy (non-hydrogen) atoms. The summed E-state index contributed by atoms with van der Waals surface area (Å²) in [6.45, 7) is 48.6. The zero-order valence-corrected chi connectivity index (χ0v) is 77.8. The van der Waals surface area contributed by atoms with Gasteiger partial charge >= 0.3 is 17.9 Å². The first-order chi connectivity index (χ1) is 58.8. The van der Waals surface area contributed by atoms with E-state index in [0.717, 1.165) is 33.7 Å². The second-order valence-corrected chi connectivity index (χ2v) is 24.9. The SMILES string of the molecule is C/C(C#N)=C(/C)C#N.C/C(C#N)=C(\C#N)c1ccccc1.C/C=C(/C#N)C(=O)OC.C/C=C(\C#N)c1ccccc1.C/C=C/c1cc2c3cccc4ccc5cccc(c5c43)c2n1C.CC.CC.CC.CC.CC.CC.CC(C)=C(C#N)C#N.CC1=C([O-])C(=CC2=[N+](C)c3ccccc3C2(C)C)C1=O.CC=C(C(=O)OC)C(=O)OC.Cc1c(C)c(=O)c1=O. The molecule has 11 rings (SSSR count). The number of hydrogen-bond donors (Lipinski definition) is 0. The van der Waals surface area contributed by atoms with Gasteiger partial charge in [-0.3, -0.25) is 14.4 Å².